The lowest BCUT2D eigenvalue weighted by Crippen LogP contribution is -2.50. The van der Waals surface area contributed by atoms with Crippen LogP contribution in [0.5, 0.6) is 0 Å². The number of allylic oxidation sites excluding steroid dienone is 1. The molecule has 1 atom stereocenters. The van der Waals surface area contributed by atoms with Gasteiger partial charge in [-0.3, -0.25) is 4.68 Å². The van der Waals surface area contributed by atoms with Crippen molar-refractivity contribution in [1.82, 2.24) is 20.1 Å². The van der Waals surface area contributed by atoms with E-state index < -0.39 is 0 Å². The zero-order valence-electron chi connectivity index (χ0n) is 14.0. The van der Waals surface area contributed by atoms with Crippen LogP contribution in [0.2, 0.25) is 0 Å². The van der Waals surface area contributed by atoms with Crippen molar-refractivity contribution >= 4 is 38.2 Å². The molecular formula is C18H22BrN5O. The van der Waals surface area contributed by atoms with Gasteiger partial charge in [-0.25, -0.2) is 4.98 Å². The molecule has 2 fully saturated rings. The SMILES string of the molecule is Nc1ncc(C2=CCC(NC3COC3)CC2)c2c1c(Br)nn2C1CC1. The van der Waals surface area contributed by atoms with E-state index in [1.807, 2.05) is 6.20 Å². The van der Waals surface area contributed by atoms with Gasteiger partial charge in [0, 0.05) is 17.8 Å². The first-order valence-electron chi connectivity index (χ1n) is 9.06. The van der Waals surface area contributed by atoms with Gasteiger partial charge in [0.05, 0.1) is 36.2 Å². The van der Waals surface area contributed by atoms with Crippen LogP contribution in [0.4, 0.5) is 5.82 Å². The molecule has 2 aromatic heterocycles. The van der Waals surface area contributed by atoms with Gasteiger partial charge in [-0.05, 0) is 53.6 Å². The molecule has 2 aliphatic carbocycles. The minimum Gasteiger partial charge on any atom is -0.383 e. The zero-order valence-corrected chi connectivity index (χ0v) is 15.6. The summed E-state index contributed by atoms with van der Waals surface area (Å²) in [6.07, 6.45) is 9.94. The smallest absolute Gasteiger partial charge is 0.139 e. The van der Waals surface area contributed by atoms with Gasteiger partial charge in [-0.1, -0.05) is 6.08 Å². The third-order valence-electron chi connectivity index (χ3n) is 5.47. The molecule has 6 nitrogen and oxygen atoms in total. The Hall–Kier alpha value is -1.44. The first kappa shape index (κ1) is 15.8. The van der Waals surface area contributed by atoms with E-state index in [1.54, 1.807) is 0 Å². The second-order valence-corrected chi connectivity index (χ2v) is 8.10. The number of fused-ring (bicyclic) bond motifs is 1. The number of ether oxygens (including phenoxy) is 1. The number of aromatic nitrogens is 3. The van der Waals surface area contributed by atoms with Crippen molar-refractivity contribution < 1.29 is 4.74 Å². The van der Waals surface area contributed by atoms with Gasteiger partial charge < -0.3 is 15.8 Å². The number of anilines is 1. The topological polar surface area (TPSA) is 78.0 Å². The molecule has 0 radical (unpaired) electrons. The predicted molar refractivity (Wildman–Crippen MR) is 101 cm³/mol. The van der Waals surface area contributed by atoms with Crippen LogP contribution < -0.4 is 11.1 Å². The molecule has 3 N–H and O–H groups in total. The van der Waals surface area contributed by atoms with Gasteiger partial charge in [0.15, 0.2) is 0 Å². The monoisotopic (exact) mass is 403 g/mol. The summed E-state index contributed by atoms with van der Waals surface area (Å²) in [5.74, 6) is 0.554. The maximum Gasteiger partial charge on any atom is 0.139 e. The third kappa shape index (κ3) is 2.78. The average molecular weight is 404 g/mol. The van der Waals surface area contributed by atoms with E-state index in [0.29, 0.717) is 23.9 Å². The first-order chi connectivity index (χ1) is 12.2. The number of nitrogens with two attached hydrogens (primary N) is 1. The third-order valence-corrected chi connectivity index (χ3v) is 6.03. The van der Waals surface area contributed by atoms with Crippen LogP contribution in [0.1, 0.15) is 43.7 Å². The van der Waals surface area contributed by atoms with E-state index >= 15 is 0 Å². The molecule has 5 rings (SSSR count). The van der Waals surface area contributed by atoms with Crippen LogP contribution in [0, 0.1) is 0 Å². The first-order valence-corrected chi connectivity index (χ1v) is 9.85. The van der Waals surface area contributed by atoms with Gasteiger partial charge >= 0.3 is 0 Å². The van der Waals surface area contributed by atoms with Crippen LogP contribution in [-0.4, -0.2) is 40.1 Å². The lowest BCUT2D eigenvalue weighted by atomic mass is 9.90. The number of hydrogen-bond donors (Lipinski definition) is 2. The quantitative estimate of drug-likeness (QED) is 0.819. The van der Waals surface area contributed by atoms with Crippen molar-refractivity contribution in [2.75, 3.05) is 18.9 Å². The Labute approximate surface area is 154 Å². The van der Waals surface area contributed by atoms with E-state index in [0.717, 1.165) is 48.0 Å². The summed E-state index contributed by atoms with van der Waals surface area (Å²) in [4.78, 5) is 4.45. The number of pyridine rings is 1. The number of nitrogens with one attached hydrogen (secondary N) is 1. The molecular weight excluding hydrogens is 382 g/mol. The Morgan fingerprint density at radius 3 is 2.72 bits per heavy atom. The highest BCUT2D eigenvalue weighted by Gasteiger charge is 2.30. The Bertz CT molecular complexity index is 853. The summed E-state index contributed by atoms with van der Waals surface area (Å²) in [7, 11) is 0. The van der Waals surface area contributed by atoms with E-state index in [9.17, 15) is 0 Å². The average Bonchev–Trinajstić information content (AvgIpc) is 3.36. The van der Waals surface area contributed by atoms with Crippen molar-refractivity contribution in [2.24, 2.45) is 0 Å². The largest absolute Gasteiger partial charge is 0.383 e. The van der Waals surface area contributed by atoms with Crippen LogP contribution >= 0.6 is 15.9 Å². The summed E-state index contributed by atoms with van der Waals surface area (Å²) in [5, 5.41) is 9.34. The van der Waals surface area contributed by atoms with E-state index in [4.69, 9.17) is 15.6 Å². The molecule has 7 heteroatoms. The molecule has 3 heterocycles. The van der Waals surface area contributed by atoms with E-state index in [2.05, 4.69) is 37.0 Å². The van der Waals surface area contributed by atoms with E-state index in [1.165, 1.54) is 24.0 Å². The van der Waals surface area contributed by atoms with Crippen molar-refractivity contribution in [3.05, 3.63) is 22.4 Å². The lowest BCUT2D eigenvalue weighted by molar-refractivity contribution is -0.0103. The van der Waals surface area contributed by atoms with Crippen molar-refractivity contribution in [3.63, 3.8) is 0 Å². The normalized spacial score (nSPS) is 24.4. The highest BCUT2D eigenvalue weighted by atomic mass is 79.9. The molecule has 0 aromatic carbocycles. The highest BCUT2D eigenvalue weighted by Crippen LogP contribution is 2.42. The van der Waals surface area contributed by atoms with Crippen molar-refractivity contribution in [2.45, 2.75) is 50.2 Å². The molecule has 0 amide bonds. The lowest BCUT2D eigenvalue weighted by Gasteiger charge is -2.33. The minimum atomic E-state index is 0.506. The number of halogens is 1. The number of nitrogens with zero attached hydrogens (tertiary/aromatic N) is 3. The number of hydrogen-bond acceptors (Lipinski definition) is 5. The molecule has 25 heavy (non-hydrogen) atoms. The fraction of sp³-hybridized carbons (Fsp3) is 0.556. The maximum atomic E-state index is 6.15. The maximum absolute atomic E-state index is 6.15. The second-order valence-electron chi connectivity index (χ2n) is 7.35. The zero-order chi connectivity index (χ0) is 17.0. The summed E-state index contributed by atoms with van der Waals surface area (Å²) in [6.45, 7) is 1.70. The van der Waals surface area contributed by atoms with Crippen LogP contribution in [-0.2, 0) is 4.74 Å². The van der Waals surface area contributed by atoms with Crippen LogP contribution in [0.25, 0.3) is 16.5 Å². The number of nitrogen functional groups attached to an aromatic ring is 1. The van der Waals surface area contributed by atoms with Gasteiger partial charge in [0.1, 0.15) is 10.4 Å². The molecule has 132 valence electrons. The molecule has 0 bridgehead atoms. The highest BCUT2D eigenvalue weighted by molar-refractivity contribution is 9.10. The molecule has 0 spiro atoms. The van der Waals surface area contributed by atoms with Crippen molar-refractivity contribution in [3.8, 4) is 0 Å². The Kier molecular flexibility index (Phi) is 3.83. The summed E-state index contributed by atoms with van der Waals surface area (Å²) in [5.41, 5.74) is 9.86. The fourth-order valence-electron chi connectivity index (χ4n) is 3.87. The molecule has 2 aromatic rings. The van der Waals surface area contributed by atoms with Crippen LogP contribution in [0.3, 0.4) is 0 Å². The molecule has 3 aliphatic rings. The second kappa shape index (κ2) is 6.07. The van der Waals surface area contributed by atoms with E-state index in [-0.39, 0.29) is 0 Å². The minimum absolute atomic E-state index is 0.506. The summed E-state index contributed by atoms with van der Waals surface area (Å²) < 4.78 is 8.22. The molecule has 1 saturated carbocycles. The fourth-order valence-corrected chi connectivity index (χ4v) is 4.43. The molecule has 1 unspecified atom stereocenters. The van der Waals surface area contributed by atoms with Crippen molar-refractivity contribution in [1.29, 1.82) is 0 Å². The standard InChI is InChI=1S/C18H22BrN5O/c19-17-15-16(24(23-17)13-5-6-13)14(7-21-18(15)20)10-1-3-11(4-2-10)22-12-8-25-9-12/h1,7,11-13,22H,2-6,8-9H2,(H2,20,21). The Morgan fingerprint density at radius 1 is 1.24 bits per heavy atom. The number of rotatable bonds is 4. The summed E-state index contributed by atoms with van der Waals surface area (Å²) in [6, 6.07) is 1.60. The van der Waals surface area contributed by atoms with Gasteiger partial charge in [-0.2, -0.15) is 5.10 Å². The summed E-state index contributed by atoms with van der Waals surface area (Å²) >= 11 is 3.58. The van der Waals surface area contributed by atoms with Gasteiger partial charge in [0.25, 0.3) is 0 Å². The predicted octanol–water partition coefficient (Wildman–Crippen LogP) is 3.04. The Morgan fingerprint density at radius 2 is 2.08 bits per heavy atom. The van der Waals surface area contributed by atoms with Crippen LogP contribution in [0.15, 0.2) is 16.9 Å². The molecule has 1 aliphatic heterocycles. The molecule has 1 saturated heterocycles. The van der Waals surface area contributed by atoms with Gasteiger partial charge in [-0.15, -0.1) is 0 Å². The Balaban J connectivity index is 1.49. The van der Waals surface area contributed by atoms with Gasteiger partial charge in [0.2, 0.25) is 0 Å².